The first-order chi connectivity index (χ1) is 12.5. The fourth-order valence-corrected chi connectivity index (χ4v) is 3.13. The lowest BCUT2D eigenvalue weighted by Crippen LogP contribution is -2.52. The summed E-state index contributed by atoms with van der Waals surface area (Å²) in [4.78, 5) is 40.8. The van der Waals surface area contributed by atoms with Crippen molar-refractivity contribution in [3.63, 3.8) is 0 Å². The molecule has 0 aromatic heterocycles. The standard InChI is InChI=1S/C18H24N4O4/c1-20-7-9-21(10-8-20)19-16(23)13-4-5-14-15(12-13)18(25)22(17(14)24)6-3-11-26-2/h4-5,12H,3,6-11H2,1-2H3,(H,19,23). The minimum atomic E-state index is -0.352. The van der Waals surface area contributed by atoms with Crippen LogP contribution in [-0.4, -0.2) is 86.0 Å². The van der Waals surface area contributed by atoms with E-state index >= 15 is 0 Å². The number of rotatable bonds is 6. The Labute approximate surface area is 152 Å². The van der Waals surface area contributed by atoms with Crippen LogP contribution in [0, 0.1) is 0 Å². The van der Waals surface area contributed by atoms with Crippen LogP contribution < -0.4 is 5.43 Å². The molecule has 1 N–H and O–H groups in total. The van der Waals surface area contributed by atoms with E-state index in [2.05, 4.69) is 10.3 Å². The number of nitrogens with one attached hydrogen (secondary N) is 1. The second kappa shape index (κ2) is 7.94. The number of carbonyl (C=O) groups is 3. The van der Waals surface area contributed by atoms with Crippen molar-refractivity contribution in [2.24, 2.45) is 0 Å². The highest BCUT2D eigenvalue weighted by Crippen LogP contribution is 2.24. The molecule has 0 unspecified atom stereocenters. The van der Waals surface area contributed by atoms with Gasteiger partial charge in [-0.2, -0.15) is 0 Å². The fraction of sp³-hybridized carbons (Fsp3) is 0.500. The third-order valence-electron chi connectivity index (χ3n) is 4.73. The van der Waals surface area contributed by atoms with Gasteiger partial charge in [-0.3, -0.25) is 24.7 Å². The number of ether oxygens (including phenoxy) is 1. The highest BCUT2D eigenvalue weighted by molar-refractivity contribution is 6.22. The molecule has 8 heteroatoms. The van der Waals surface area contributed by atoms with Gasteiger partial charge in [0.2, 0.25) is 0 Å². The van der Waals surface area contributed by atoms with Gasteiger partial charge in [0, 0.05) is 52.0 Å². The number of hydrogen-bond donors (Lipinski definition) is 1. The zero-order chi connectivity index (χ0) is 18.7. The summed E-state index contributed by atoms with van der Waals surface area (Å²) in [6, 6.07) is 4.66. The van der Waals surface area contributed by atoms with Gasteiger partial charge in [0.15, 0.2) is 0 Å². The molecule has 3 amide bonds. The second-order valence-electron chi connectivity index (χ2n) is 6.60. The summed E-state index contributed by atoms with van der Waals surface area (Å²) in [6.45, 7) is 4.05. The van der Waals surface area contributed by atoms with E-state index in [0.717, 1.165) is 26.2 Å². The predicted molar refractivity (Wildman–Crippen MR) is 94.8 cm³/mol. The molecule has 0 saturated carbocycles. The summed E-state index contributed by atoms with van der Waals surface area (Å²) >= 11 is 0. The number of benzene rings is 1. The van der Waals surface area contributed by atoms with E-state index in [0.29, 0.717) is 36.3 Å². The van der Waals surface area contributed by atoms with E-state index in [-0.39, 0.29) is 17.7 Å². The first kappa shape index (κ1) is 18.5. The first-order valence-corrected chi connectivity index (χ1v) is 8.75. The van der Waals surface area contributed by atoms with Gasteiger partial charge in [-0.15, -0.1) is 0 Å². The van der Waals surface area contributed by atoms with Crippen LogP contribution in [0.2, 0.25) is 0 Å². The van der Waals surface area contributed by atoms with Crippen LogP contribution in [-0.2, 0) is 4.74 Å². The maximum Gasteiger partial charge on any atom is 0.265 e. The average Bonchev–Trinajstić information content (AvgIpc) is 2.88. The molecule has 1 aromatic rings. The molecule has 1 fully saturated rings. The molecule has 2 aliphatic rings. The molecular formula is C18H24N4O4. The Bertz CT molecular complexity index is 713. The maximum atomic E-state index is 12.5. The molecule has 0 atom stereocenters. The zero-order valence-corrected chi connectivity index (χ0v) is 15.2. The van der Waals surface area contributed by atoms with Gasteiger partial charge in [0.05, 0.1) is 11.1 Å². The molecule has 140 valence electrons. The summed E-state index contributed by atoms with van der Waals surface area (Å²) in [6.07, 6.45) is 0.582. The maximum absolute atomic E-state index is 12.5. The molecule has 2 aliphatic heterocycles. The average molecular weight is 360 g/mol. The number of hydrazine groups is 1. The summed E-state index contributed by atoms with van der Waals surface area (Å²) in [7, 11) is 3.62. The van der Waals surface area contributed by atoms with Gasteiger partial charge in [0.1, 0.15) is 0 Å². The molecule has 1 saturated heterocycles. The normalized spacial score (nSPS) is 18.3. The number of amides is 3. The van der Waals surface area contributed by atoms with Crippen molar-refractivity contribution >= 4 is 17.7 Å². The number of carbonyl (C=O) groups excluding carboxylic acids is 3. The Kier molecular flexibility index (Phi) is 5.65. The van der Waals surface area contributed by atoms with Gasteiger partial charge >= 0.3 is 0 Å². The second-order valence-corrected chi connectivity index (χ2v) is 6.60. The van der Waals surface area contributed by atoms with Crippen molar-refractivity contribution < 1.29 is 19.1 Å². The molecule has 0 bridgehead atoms. The number of piperazine rings is 1. The minimum Gasteiger partial charge on any atom is -0.385 e. The fourth-order valence-electron chi connectivity index (χ4n) is 3.13. The lowest BCUT2D eigenvalue weighted by atomic mass is 10.1. The van der Waals surface area contributed by atoms with Crippen LogP contribution in [0.3, 0.4) is 0 Å². The number of nitrogens with zero attached hydrogens (tertiary/aromatic N) is 3. The molecule has 0 radical (unpaired) electrons. The van der Waals surface area contributed by atoms with Crippen molar-refractivity contribution in [1.82, 2.24) is 20.2 Å². The lowest BCUT2D eigenvalue weighted by molar-refractivity contribution is 0.0637. The minimum absolute atomic E-state index is 0.268. The predicted octanol–water partition coefficient (Wildman–Crippen LogP) is 0.211. The van der Waals surface area contributed by atoms with Crippen LogP contribution in [0.25, 0.3) is 0 Å². The topological polar surface area (TPSA) is 82.2 Å². The van der Waals surface area contributed by atoms with Gasteiger partial charge < -0.3 is 9.64 Å². The van der Waals surface area contributed by atoms with Crippen molar-refractivity contribution in [3.8, 4) is 0 Å². The van der Waals surface area contributed by atoms with Crippen LogP contribution >= 0.6 is 0 Å². The first-order valence-electron chi connectivity index (χ1n) is 8.75. The largest absolute Gasteiger partial charge is 0.385 e. The van der Waals surface area contributed by atoms with Crippen LogP contribution in [0.5, 0.6) is 0 Å². The Hall–Kier alpha value is -2.29. The Morgan fingerprint density at radius 3 is 2.50 bits per heavy atom. The molecule has 0 spiro atoms. The molecule has 1 aromatic carbocycles. The van der Waals surface area contributed by atoms with Crippen molar-refractivity contribution in [1.29, 1.82) is 0 Å². The molecule has 2 heterocycles. The van der Waals surface area contributed by atoms with Gasteiger partial charge in [0.25, 0.3) is 17.7 Å². The SMILES string of the molecule is COCCCN1C(=O)c2ccc(C(=O)NN3CCN(C)CC3)cc2C1=O. The van der Waals surface area contributed by atoms with E-state index in [9.17, 15) is 14.4 Å². The van der Waals surface area contributed by atoms with E-state index in [1.54, 1.807) is 19.2 Å². The number of likely N-dealkylation sites (N-methyl/N-ethyl adjacent to an activating group) is 1. The molecule has 0 aliphatic carbocycles. The number of methoxy groups -OCH3 is 1. The van der Waals surface area contributed by atoms with E-state index < -0.39 is 0 Å². The number of fused-ring (bicyclic) bond motifs is 1. The number of imide groups is 1. The van der Waals surface area contributed by atoms with Crippen molar-refractivity contribution in [2.45, 2.75) is 6.42 Å². The highest BCUT2D eigenvalue weighted by atomic mass is 16.5. The van der Waals surface area contributed by atoms with Crippen molar-refractivity contribution in [2.75, 3.05) is 53.5 Å². The van der Waals surface area contributed by atoms with Crippen LogP contribution in [0.15, 0.2) is 18.2 Å². The quantitative estimate of drug-likeness (QED) is 0.577. The number of hydrogen-bond acceptors (Lipinski definition) is 6. The molecule has 3 rings (SSSR count). The summed E-state index contributed by atoms with van der Waals surface area (Å²) in [5, 5.41) is 1.87. The van der Waals surface area contributed by atoms with E-state index in [1.807, 2.05) is 12.1 Å². The molecular weight excluding hydrogens is 336 g/mol. The van der Waals surface area contributed by atoms with Gasteiger partial charge in [-0.25, -0.2) is 5.01 Å². The third kappa shape index (κ3) is 3.77. The molecule has 26 heavy (non-hydrogen) atoms. The lowest BCUT2D eigenvalue weighted by Gasteiger charge is -2.32. The van der Waals surface area contributed by atoms with Gasteiger partial charge in [-0.1, -0.05) is 0 Å². The smallest absolute Gasteiger partial charge is 0.265 e. The van der Waals surface area contributed by atoms with E-state index in [4.69, 9.17) is 4.74 Å². The summed E-state index contributed by atoms with van der Waals surface area (Å²) < 4.78 is 4.97. The Morgan fingerprint density at radius 2 is 1.81 bits per heavy atom. The monoisotopic (exact) mass is 360 g/mol. The summed E-state index contributed by atoms with van der Waals surface area (Å²) in [5.41, 5.74) is 3.89. The van der Waals surface area contributed by atoms with Gasteiger partial charge in [-0.05, 0) is 31.7 Å². The summed E-state index contributed by atoms with van der Waals surface area (Å²) in [5.74, 6) is -0.932. The highest BCUT2D eigenvalue weighted by Gasteiger charge is 2.35. The Morgan fingerprint density at radius 1 is 1.12 bits per heavy atom. The molecule has 8 nitrogen and oxygen atoms in total. The van der Waals surface area contributed by atoms with Crippen LogP contribution in [0.1, 0.15) is 37.5 Å². The zero-order valence-electron chi connectivity index (χ0n) is 15.2. The van der Waals surface area contributed by atoms with Crippen molar-refractivity contribution in [3.05, 3.63) is 34.9 Å². The third-order valence-corrected chi connectivity index (χ3v) is 4.73. The Balaban J connectivity index is 1.69. The van der Waals surface area contributed by atoms with E-state index in [1.165, 1.54) is 11.0 Å². The van der Waals surface area contributed by atoms with Crippen LogP contribution in [0.4, 0.5) is 0 Å².